The van der Waals surface area contributed by atoms with Gasteiger partial charge in [-0.15, -0.1) is 11.8 Å². The third-order valence-electron chi connectivity index (χ3n) is 5.05. The number of benzene rings is 2. The Bertz CT molecular complexity index is 860. The van der Waals surface area contributed by atoms with E-state index in [-0.39, 0.29) is 17.9 Å². The van der Waals surface area contributed by atoms with Crippen LogP contribution >= 0.6 is 23.4 Å². The topological polar surface area (TPSA) is 58.6 Å². The molecule has 2 aromatic rings. The van der Waals surface area contributed by atoms with E-state index in [1.807, 2.05) is 62.4 Å². The first-order valence-electron chi connectivity index (χ1n) is 10.4. The van der Waals surface area contributed by atoms with E-state index in [2.05, 4.69) is 5.32 Å². The van der Waals surface area contributed by atoms with E-state index in [1.54, 1.807) is 30.7 Å². The van der Waals surface area contributed by atoms with Crippen molar-refractivity contribution in [3.05, 3.63) is 59.1 Å². The van der Waals surface area contributed by atoms with Gasteiger partial charge in [0.15, 0.2) is 0 Å². The van der Waals surface area contributed by atoms with E-state index in [9.17, 15) is 9.59 Å². The van der Waals surface area contributed by atoms with Gasteiger partial charge >= 0.3 is 0 Å². The van der Waals surface area contributed by atoms with Gasteiger partial charge in [0.05, 0.1) is 7.11 Å². The Morgan fingerprint density at radius 2 is 1.87 bits per heavy atom. The lowest BCUT2D eigenvalue weighted by atomic mass is 10.1. The zero-order chi connectivity index (χ0) is 22.8. The highest BCUT2D eigenvalue weighted by molar-refractivity contribution is 7.99. The van der Waals surface area contributed by atoms with Crippen LogP contribution in [0, 0.1) is 0 Å². The van der Waals surface area contributed by atoms with Crippen LogP contribution in [-0.2, 0) is 16.1 Å². The molecule has 2 atom stereocenters. The second-order valence-corrected chi connectivity index (χ2v) is 9.02. The van der Waals surface area contributed by atoms with Gasteiger partial charge in [0.25, 0.3) is 0 Å². The Kier molecular flexibility index (Phi) is 10.2. The molecule has 0 aliphatic heterocycles. The molecule has 1 N–H and O–H groups in total. The van der Waals surface area contributed by atoms with E-state index in [0.29, 0.717) is 23.7 Å². The van der Waals surface area contributed by atoms with E-state index in [0.717, 1.165) is 22.6 Å². The highest BCUT2D eigenvalue weighted by Gasteiger charge is 2.26. The molecule has 0 spiro atoms. The molecule has 2 aromatic carbocycles. The number of amides is 2. The monoisotopic (exact) mass is 462 g/mol. The van der Waals surface area contributed by atoms with Crippen LogP contribution in [0.25, 0.3) is 0 Å². The molecular formula is C24H31ClN2O3S. The summed E-state index contributed by atoms with van der Waals surface area (Å²) in [6.45, 7) is 6.10. The second-order valence-electron chi connectivity index (χ2n) is 7.42. The van der Waals surface area contributed by atoms with Gasteiger partial charge in [-0.2, -0.15) is 0 Å². The van der Waals surface area contributed by atoms with Crippen molar-refractivity contribution in [2.45, 2.75) is 57.1 Å². The molecule has 0 aliphatic rings. The minimum atomic E-state index is -0.576. The molecule has 0 aliphatic carbocycles. The molecule has 0 aromatic heterocycles. The van der Waals surface area contributed by atoms with Crippen LogP contribution in [0.15, 0.2) is 53.4 Å². The number of hydrogen-bond donors (Lipinski definition) is 1. The number of halogens is 1. The third-order valence-corrected chi connectivity index (χ3v) is 6.32. The number of hydrogen-bond acceptors (Lipinski definition) is 4. The number of carbonyl (C=O) groups is 2. The Labute approximate surface area is 194 Å². The lowest BCUT2D eigenvalue weighted by Gasteiger charge is -2.30. The van der Waals surface area contributed by atoms with Gasteiger partial charge in [-0.05, 0) is 62.2 Å². The van der Waals surface area contributed by atoms with Crippen LogP contribution in [0.5, 0.6) is 5.75 Å². The quantitative estimate of drug-likeness (QED) is 0.468. The molecule has 7 heteroatoms. The second kappa shape index (κ2) is 12.6. The highest BCUT2D eigenvalue weighted by atomic mass is 35.5. The lowest BCUT2D eigenvalue weighted by molar-refractivity contribution is -0.140. The minimum Gasteiger partial charge on any atom is -0.497 e. The van der Waals surface area contributed by atoms with Crippen LogP contribution in [0.1, 0.15) is 39.2 Å². The van der Waals surface area contributed by atoms with Crippen LogP contribution in [0.2, 0.25) is 5.02 Å². The fourth-order valence-electron chi connectivity index (χ4n) is 2.95. The van der Waals surface area contributed by atoms with Gasteiger partial charge in [-0.25, -0.2) is 0 Å². The zero-order valence-electron chi connectivity index (χ0n) is 18.6. The van der Waals surface area contributed by atoms with Crippen molar-refractivity contribution in [3.8, 4) is 5.75 Å². The summed E-state index contributed by atoms with van der Waals surface area (Å²) in [5, 5.41) is 3.67. The van der Waals surface area contributed by atoms with Crippen LogP contribution in [-0.4, -0.2) is 41.7 Å². The standard InChI is InChI=1S/C24H31ClN2O3S/c1-5-17(2)26-24(29)18(3)27(16-19-7-6-8-21(15-19)30-4)23(28)13-14-31-22-11-9-20(25)10-12-22/h6-12,15,17-18H,5,13-14,16H2,1-4H3,(H,26,29). The minimum absolute atomic E-state index is 0.0592. The van der Waals surface area contributed by atoms with Gasteiger partial charge in [-0.1, -0.05) is 30.7 Å². The molecule has 0 heterocycles. The molecular weight excluding hydrogens is 432 g/mol. The maximum Gasteiger partial charge on any atom is 0.242 e. The first kappa shape index (κ1) is 25.1. The third kappa shape index (κ3) is 8.11. The SMILES string of the molecule is CCC(C)NC(=O)C(C)N(Cc1cccc(OC)c1)C(=O)CCSc1ccc(Cl)cc1. The number of nitrogens with zero attached hydrogens (tertiary/aromatic N) is 1. The molecule has 0 fully saturated rings. The van der Waals surface area contributed by atoms with Crippen LogP contribution in [0.4, 0.5) is 0 Å². The molecule has 0 bridgehead atoms. The van der Waals surface area contributed by atoms with Gasteiger partial charge in [0.2, 0.25) is 11.8 Å². The highest BCUT2D eigenvalue weighted by Crippen LogP contribution is 2.22. The number of rotatable bonds is 11. The molecule has 2 unspecified atom stereocenters. The maximum absolute atomic E-state index is 13.1. The number of methoxy groups -OCH3 is 1. The average molecular weight is 463 g/mol. The van der Waals surface area contributed by atoms with E-state index in [4.69, 9.17) is 16.3 Å². The molecule has 31 heavy (non-hydrogen) atoms. The number of nitrogens with one attached hydrogen (secondary N) is 1. The molecule has 5 nitrogen and oxygen atoms in total. The van der Waals surface area contributed by atoms with Crippen molar-refractivity contribution in [1.82, 2.24) is 10.2 Å². The van der Waals surface area contributed by atoms with Gasteiger partial charge in [0.1, 0.15) is 11.8 Å². The molecule has 0 saturated carbocycles. The van der Waals surface area contributed by atoms with Crippen molar-refractivity contribution in [2.75, 3.05) is 12.9 Å². The predicted octanol–water partition coefficient (Wildman–Crippen LogP) is 5.16. The normalized spacial score (nSPS) is 12.7. The van der Waals surface area contributed by atoms with Crippen molar-refractivity contribution in [1.29, 1.82) is 0 Å². The number of carbonyl (C=O) groups excluding carboxylic acids is 2. The summed E-state index contributed by atoms with van der Waals surface area (Å²) >= 11 is 7.53. The van der Waals surface area contributed by atoms with E-state index < -0.39 is 6.04 Å². The summed E-state index contributed by atoms with van der Waals surface area (Å²) in [4.78, 5) is 28.6. The largest absolute Gasteiger partial charge is 0.497 e. The van der Waals surface area contributed by atoms with Crippen LogP contribution < -0.4 is 10.1 Å². The summed E-state index contributed by atoms with van der Waals surface area (Å²) in [5.41, 5.74) is 0.918. The smallest absolute Gasteiger partial charge is 0.242 e. The van der Waals surface area contributed by atoms with Gasteiger partial charge in [0, 0.05) is 34.7 Å². The molecule has 2 rings (SSSR count). The summed E-state index contributed by atoms with van der Waals surface area (Å²) in [7, 11) is 1.61. The number of ether oxygens (including phenoxy) is 1. The first-order valence-corrected chi connectivity index (χ1v) is 11.8. The summed E-state index contributed by atoms with van der Waals surface area (Å²) in [6, 6.07) is 14.6. The Balaban J connectivity index is 2.09. The molecule has 2 amide bonds. The summed E-state index contributed by atoms with van der Waals surface area (Å²) in [6.07, 6.45) is 1.16. The van der Waals surface area contributed by atoms with Crippen molar-refractivity contribution in [2.24, 2.45) is 0 Å². The predicted molar refractivity (Wildman–Crippen MR) is 128 cm³/mol. The summed E-state index contributed by atoms with van der Waals surface area (Å²) in [5.74, 6) is 1.14. The summed E-state index contributed by atoms with van der Waals surface area (Å²) < 4.78 is 5.30. The van der Waals surface area contributed by atoms with Gasteiger partial charge in [-0.3, -0.25) is 9.59 Å². The van der Waals surface area contributed by atoms with Crippen molar-refractivity contribution < 1.29 is 14.3 Å². The van der Waals surface area contributed by atoms with E-state index in [1.165, 1.54) is 0 Å². The fourth-order valence-corrected chi connectivity index (χ4v) is 3.91. The molecule has 168 valence electrons. The molecule has 0 radical (unpaired) electrons. The average Bonchev–Trinajstić information content (AvgIpc) is 2.78. The van der Waals surface area contributed by atoms with Crippen molar-refractivity contribution >= 4 is 35.2 Å². The fraction of sp³-hybridized carbons (Fsp3) is 0.417. The lowest BCUT2D eigenvalue weighted by Crippen LogP contribution is -2.49. The Hall–Kier alpha value is -2.18. The van der Waals surface area contributed by atoms with Gasteiger partial charge < -0.3 is 15.0 Å². The zero-order valence-corrected chi connectivity index (χ0v) is 20.1. The first-order chi connectivity index (χ1) is 14.8. The Morgan fingerprint density at radius 1 is 1.16 bits per heavy atom. The number of thioether (sulfide) groups is 1. The Morgan fingerprint density at radius 3 is 2.52 bits per heavy atom. The maximum atomic E-state index is 13.1. The van der Waals surface area contributed by atoms with Crippen molar-refractivity contribution in [3.63, 3.8) is 0 Å². The molecule has 0 saturated heterocycles. The van der Waals surface area contributed by atoms with E-state index >= 15 is 0 Å². The van der Waals surface area contributed by atoms with Crippen LogP contribution in [0.3, 0.4) is 0 Å².